The third-order valence-electron chi connectivity index (χ3n) is 2.11. The second-order valence-electron chi connectivity index (χ2n) is 4.71. The molecule has 0 aliphatic carbocycles. The summed E-state index contributed by atoms with van der Waals surface area (Å²) < 4.78 is 10.5. The summed E-state index contributed by atoms with van der Waals surface area (Å²) in [5.41, 5.74) is 0.178. The van der Waals surface area contributed by atoms with E-state index >= 15 is 0 Å². The van der Waals surface area contributed by atoms with Crippen LogP contribution >= 0.6 is 0 Å². The highest BCUT2D eigenvalue weighted by molar-refractivity contribution is 5.89. The van der Waals surface area contributed by atoms with Crippen LogP contribution < -0.4 is 9.64 Å². The Morgan fingerprint density at radius 1 is 1.24 bits per heavy atom. The lowest BCUT2D eigenvalue weighted by atomic mass is 10.2. The van der Waals surface area contributed by atoms with Crippen molar-refractivity contribution in [2.24, 2.45) is 0 Å². The molecule has 0 bridgehead atoms. The van der Waals surface area contributed by atoms with Crippen molar-refractivity contribution in [3.8, 4) is 5.75 Å². The zero-order chi connectivity index (χ0) is 13.1. The van der Waals surface area contributed by atoms with Crippen molar-refractivity contribution in [2.75, 3.05) is 19.1 Å². The van der Waals surface area contributed by atoms with E-state index < -0.39 is 11.7 Å². The fourth-order valence-electron chi connectivity index (χ4n) is 1.34. The summed E-state index contributed by atoms with van der Waals surface area (Å²) in [5.74, 6) is 0.640. The first kappa shape index (κ1) is 13.4. The van der Waals surface area contributed by atoms with Gasteiger partial charge in [-0.05, 0) is 32.9 Å². The summed E-state index contributed by atoms with van der Waals surface area (Å²) in [6, 6.07) is 7.31. The number of amides is 1. The lowest BCUT2D eigenvalue weighted by molar-refractivity contribution is 0.0588. The Hall–Kier alpha value is -1.71. The maximum absolute atomic E-state index is 11.9. The Kier molecular flexibility index (Phi) is 3.99. The molecule has 94 valence electrons. The number of hydrogen-bond acceptors (Lipinski definition) is 3. The number of nitrogens with zero attached hydrogens (tertiary/aromatic N) is 1. The van der Waals surface area contributed by atoms with Crippen LogP contribution in [0.1, 0.15) is 20.8 Å². The van der Waals surface area contributed by atoms with Crippen molar-refractivity contribution < 1.29 is 14.3 Å². The van der Waals surface area contributed by atoms with Crippen molar-refractivity contribution in [3.05, 3.63) is 24.3 Å². The average molecular weight is 237 g/mol. The third kappa shape index (κ3) is 3.66. The van der Waals surface area contributed by atoms with Gasteiger partial charge in [-0.3, -0.25) is 4.90 Å². The smallest absolute Gasteiger partial charge is 0.414 e. The quantitative estimate of drug-likeness (QED) is 0.793. The maximum atomic E-state index is 11.9. The van der Waals surface area contributed by atoms with Gasteiger partial charge in [0, 0.05) is 7.05 Å². The molecule has 1 aromatic rings. The van der Waals surface area contributed by atoms with Gasteiger partial charge in [-0.25, -0.2) is 4.79 Å². The van der Waals surface area contributed by atoms with Crippen LogP contribution in [0.5, 0.6) is 5.75 Å². The number of benzene rings is 1. The molecule has 0 spiro atoms. The number of carbonyl (C=O) groups excluding carboxylic acids is 1. The molecule has 0 N–H and O–H groups in total. The Balaban J connectivity index is 2.89. The molecular formula is C13H19NO3. The van der Waals surface area contributed by atoms with Crippen molar-refractivity contribution in [2.45, 2.75) is 26.4 Å². The van der Waals surface area contributed by atoms with Crippen molar-refractivity contribution >= 4 is 11.8 Å². The van der Waals surface area contributed by atoms with Gasteiger partial charge in [-0.2, -0.15) is 0 Å². The normalized spacial score (nSPS) is 10.9. The molecule has 0 fully saturated rings. The Bertz CT molecular complexity index is 396. The van der Waals surface area contributed by atoms with E-state index in [0.29, 0.717) is 11.4 Å². The van der Waals surface area contributed by atoms with Crippen molar-refractivity contribution in [1.29, 1.82) is 0 Å². The van der Waals surface area contributed by atoms with Crippen LogP contribution in [0, 0.1) is 0 Å². The summed E-state index contributed by atoms with van der Waals surface area (Å²) >= 11 is 0. The molecule has 0 aliphatic heterocycles. The lowest BCUT2D eigenvalue weighted by Crippen LogP contribution is -2.34. The van der Waals surface area contributed by atoms with Gasteiger partial charge in [0.15, 0.2) is 0 Å². The van der Waals surface area contributed by atoms with E-state index in [0.717, 1.165) is 0 Å². The average Bonchev–Trinajstić information content (AvgIpc) is 2.25. The highest BCUT2D eigenvalue weighted by Gasteiger charge is 2.22. The second-order valence-corrected chi connectivity index (χ2v) is 4.71. The SMILES string of the molecule is COc1ccccc1N(C)C(=O)OC(C)(C)C. The Morgan fingerprint density at radius 3 is 2.35 bits per heavy atom. The van der Waals surface area contributed by atoms with E-state index in [9.17, 15) is 4.79 Å². The topological polar surface area (TPSA) is 38.8 Å². The molecule has 0 radical (unpaired) electrons. The number of anilines is 1. The summed E-state index contributed by atoms with van der Waals surface area (Å²) in [5, 5.41) is 0. The van der Waals surface area contributed by atoms with E-state index in [4.69, 9.17) is 9.47 Å². The standard InChI is InChI=1S/C13H19NO3/c1-13(2,3)17-12(15)14(4)10-8-6-7-9-11(10)16-5/h6-9H,1-5H3. The monoisotopic (exact) mass is 237 g/mol. The van der Waals surface area contributed by atoms with E-state index in [1.165, 1.54) is 4.90 Å². The van der Waals surface area contributed by atoms with Gasteiger partial charge in [0.1, 0.15) is 11.4 Å². The van der Waals surface area contributed by atoms with Gasteiger partial charge < -0.3 is 9.47 Å². The molecule has 1 amide bonds. The van der Waals surface area contributed by atoms with Crippen LogP contribution in [0.25, 0.3) is 0 Å². The van der Waals surface area contributed by atoms with Crippen molar-refractivity contribution in [3.63, 3.8) is 0 Å². The molecule has 0 aliphatic rings. The molecule has 0 unspecified atom stereocenters. The number of carbonyl (C=O) groups is 1. The first-order chi connectivity index (χ1) is 7.85. The predicted octanol–water partition coefficient (Wildman–Crippen LogP) is 3.07. The summed E-state index contributed by atoms with van der Waals surface area (Å²) in [6.45, 7) is 5.50. The summed E-state index contributed by atoms with van der Waals surface area (Å²) in [7, 11) is 3.23. The molecule has 4 nitrogen and oxygen atoms in total. The summed E-state index contributed by atoms with van der Waals surface area (Å²) in [4.78, 5) is 13.3. The number of methoxy groups -OCH3 is 1. The molecule has 0 atom stereocenters. The molecule has 4 heteroatoms. The van der Waals surface area contributed by atoms with Crippen LogP contribution in [0.3, 0.4) is 0 Å². The van der Waals surface area contributed by atoms with Crippen LogP contribution in [0.4, 0.5) is 10.5 Å². The minimum atomic E-state index is -0.507. The fourth-order valence-corrected chi connectivity index (χ4v) is 1.34. The maximum Gasteiger partial charge on any atom is 0.414 e. The third-order valence-corrected chi connectivity index (χ3v) is 2.11. The van der Waals surface area contributed by atoms with Gasteiger partial charge in [-0.1, -0.05) is 12.1 Å². The largest absolute Gasteiger partial charge is 0.495 e. The van der Waals surface area contributed by atoms with Crippen LogP contribution in [-0.2, 0) is 4.74 Å². The number of hydrogen-bond donors (Lipinski definition) is 0. The van der Waals surface area contributed by atoms with Gasteiger partial charge in [0.2, 0.25) is 0 Å². The fraction of sp³-hybridized carbons (Fsp3) is 0.462. The Morgan fingerprint density at radius 2 is 1.82 bits per heavy atom. The van der Waals surface area contributed by atoms with Crippen LogP contribution in [-0.4, -0.2) is 25.9 Å². The molecule has 0 heterocycles. The predicted molar refractivity (Wildman–Crippen MR) is 67.6 cm³/mol. The van der Waals surface area contributed by atoms with Crippen molar-refractivity contribution in [1.82, 2.24) is 0 Å². The molecule has 0 saturated heterocycles. The molecule has 0 aromatic heterocycles. The second kappa shape index (κ2) is 5.08. The number of rotatable bonds is 2. The van der Waals surface area contributed by atoms with Crippen LogP contribution in [0.15, 0.2) is 24.3 Å². The minimum Gasteiger partial charge on any atom is -0.495 e. The molecule has 1 rings (SSSR count). The van der Waals surface area contributed by atoms with E-state index in [1.54, 1.807) is 20.2 Å². The number of para-hydroxylation sites is 2. The highest BCUT2D eigenvalue weighted by atomic mass is 16.6. The minimum absolute atomic E-state index is 0.401. The molecular weight excluding hydrogens is 218 g/mol. The van der Waals surface area contributed by atoms with Crippen LogP contribution in [0.2, 0.25) is 0 Å². The summed E-state index contributed by atoms with van der Waals surface area (Å²) in [6.07, 6.45) is -0.401. The lowest BCUT2D eigenvalue weighted by Gasteiger charge is -2.25. The van der Waals surface area contributed by atoms with Gasteiger partial charge >= 0.3 is 6.09 Å². The van der Waals surface area contributed by atoms with Gasteiger partial charge in [0.05, 0.1) is 12.8 Å². The zero-order valence-corrected chi connectivity index (χ0v) is 11.0. The zero-order valence-electron chi connectivity index (χ0n) is 11.0. The van der Waals surface area contributed by atoms with E-state index in [1.807, 2.05) is 39.0 Å². The first-order valence-electron chi connectivity index (χ1n) is 5.45. The molecule has 0 saturated carbocycles. The van der Waals surface area contributed by atoms with Gasteiger partial charge in [-0.15, -0.1) is 0 Å². The number of ether oxygens (including phenoxy) is 2. The molecule has 1 aromatic carbocycles. The van der Waals surface area contributed by atoms with Gasteiger partial charge in [0.25, 0.3) is 0 Å². The van der Waals surface area contributed by atoms with E-state index in [2.05, 4.69) is 0 Å². The first-order valence-corrected chi connectivity index (χ1v) is 5.45. The Labute approximate surface area is 102 Å². The molecule has 17 heavy (non-hydrogen) atoms. The highest BCUT2D eigenvalue weighted by Crippen LogP contribution is 2.27. The van der Waals surface area contributed by atoms with E-state index in [-0.39, 0.29) is 0 Å².